The minimum atomic E-state index is -2.02. The van der Waals surface area contributed by atoms with Crippen LogP contribution in [0, 0.1) is 0 Å². The zero-order chi connectivity index (χ0) is 23.0. The number of carboxylic acids is 1. The fourth-order valence-corrected chi connectivity index (χ4v) is 4.12. The van der Waals surface area contributed by atoms with E-state index < -0.39 is 26.2 Å². The number of aryl methyl sites for hydroxylation is 1. The molecule has 2 unspecified atom stereocenters. The van der Waals surface area contributed by atoms with Gasteiger partial charge >= 0.3 is 20.1 Å². The van der Waals surface area contributed by atoms with Crippen molar-refractivity contribution in [3.8, 4) is 0 Å². The van der Waals surface area contributed by atoms with Gasteiger partial charge < -0.3 is 15.2 Å². The second kappa shape index (κ2) is 15.1. The molecule has 2 atom stereocenters. The van der Waals surface area contributed by atoms with Crippen molar-refractivity contribution in [1.82, 2.24) is 5.32 Å². The van der Waals surface area contributed by atoms with Crippen LogP contribution >= 0.6 is 8.03 Å². The van der Waals surface area contributed by atoms with Gasteiger partial charge in [-0.25, -0.2) is 9.59 Å². The van der Waals surface area contributed by atoms with Crippen molar-refractivity contribution in [1.29, 1.82) is 0 Å². The van der Waals surface area contributed by atoms with Crippen molar-refractivity contribution < 1.29 is 28.5 Å². The lowest BCUT2D eigenvalue weighted by molar-refractivity contribution is -0.145. The lowest BCUT2D eigenvalue weighted by atomic mass is 10.1. The zero-order valence-electron chi connectivity index (χ0n) is 18.2. The van der Waals surface area contributed by atoms with Crippen molar-refractivity contribution in [3.05, 3.63) is 71.8 Å². The molecule has 32 heavy (non-hydrogen) atoms. The summed E-state index contributed by atoms with van der Waals surface area (Å²) in [5.41, 5.74) is 2.13. The van der Waals surface area contributed by atoms with Gasteiger partial charge in [-0.15, -0.1) is 4.52 Å². The molecule has 2 rings (SSSR count). The molecule has 0 aliphatic heterocycles. The Kier molecular flexibility index (Phi) is 12.0. The van der Waals surface area contributed by atoms with E-state index in [2.05, 4.69) is 17.4 Å². The van der Waals surface area contributed by atoms with Crippen LogP contribution in [0.1, 0.15) is 43.2 Å². The normalized spacial score (nSPS) is 12.1. The Morgan fingerprint density at radius 1 is 0.906 bits per heavy atom. The van der Waals surface area contributed by atoms with Crippen molar-refractivity contribution in [3.63, 3.8) is 0 Å². The number of amides is 1. The van der Waals surface area contributed by atoms with Crippen molar-refractivity contribution in [2.24, 2.45) is 0 Å². The highest BCUT2D eigenvalue weighted by molar-refractivity contribution is 7.39. The van der Waals surface area contributed by atoms with Gasteiger partial charge in [-0.1, -0.05) is 60.7 Å². The summed E-state index contributed by atoms with van der Waals surface area (Å²) in [5.74, 6) is -1.12. The fourth-order valence-electron chi connectivity index (χ4n) is 3.05. The molecule has 0 saturated carbocycles. The lowest BCUT2D eigenvalue weighted by Gasteiger charge is -2.08. The van der Waals surface area contributed by atoms with E-state index in [4.69, 9.17) is 9.26 Å². The molecule has 0 aliphatic rings. The topological polar surface area (TPSA) is 102 Å². The molecule has 0 bridgehead atoms. The minimum absolute atomic E-state index is 0.194. The van der Waals surface area contributed by atoms with Crippen LogP contribution in [0.3, 0.4) is 0 Å². The molecule has 2 N–H and O–H groups in total. The number of benzene rings is 2. The van der Waals surface area contributed by atoms with E-state index in [1.165, 1.54) is 5.56 Å². The maximum Gasteiger partial charge on any atom is 0.508 e. The predicted molar refractivity (Wildman–Crippen MR) is 123 cm³/mol. The van der Waals surface area contributed by atoms with Gasteiger partial charge in [-0.3, -0.25) is 0 Å². The molecule has 0 aliphatic carbocycles. The van der Waals surface area contributed by atoms with Crippen molar-refractivity contribution >= 4 is 20.1 Å². The second-order valence-electron chi connectivity index (χ2n) is 7.42. The average molecular weight is 460 g/mol. The van der Waals surface area contributed by atoms with Crippen LogP contribution in [0.5, 0.6) is 0 Å². The van der Waals surface area contributed by atoms with Crippen LogP contribution in [0.2, 0.25) is 0 Å². The number of hydrogen-bond acceptors (Lipinski definition) is 5. The SMILES string of the molecule is O=C(NCCCCC(O[P+](=O)CCCCc1ccccc1)C(=O)O)OCc1ccccc1. The summed E-state index contributed by atoms with van der Waals surface area (Å²) < 4.78 is 22.5. The summed E-state index contributed by atoms with van der Waals surface area (Å²) in [7, 11) is -2.02. The molecule has 8 heteroatoms. The summed E-state index contributed by atoms with van der Waals surface area (Å²) in [6, 6.07) is 19.4. The Bertz CT molecular complexity index is 831. The Labute approximate surface area is 190 Å². The van der Waals surface area contributed by atoms with E-state index >= 15 is 0 Å². The third kappa shape index (κ3) is 11.0. The molecule has 0 spiro atoms. The van der Waals surface area contributed by atoms with Crippen LogP contribution in [0.4, 0.5) is 4.79 Å². The van der Waals surface area contributed by atoms with Gasteiger partial charge in [0, 0.05) is 6.54 Å². The van der Waals surface area contributed by atoms with Crippen LogP contribution in [0.15, 0.2) is 60.7 Å². The molecule has 2 aromatic carbocycles. The van der Waals surface area contributed by atoms with Gasteiger partial charge in [-0.2, -0.15) is 0 Å². The molecule has 0 aromatic heterocycles. The van der Waals surface area contributed by atoms with E-state index in [1.54, 1.807) is 0 Å². The number of hydrogen-bond donors (Lipinski definition) is 2. The number of unbranched alkanes of at least 4 members (excludes halogenated alkanes) is 2. The fraction of sp³-hybridized carbons (Fsp3) is 0.417. The first kappa shape index (κ1) is 25.5. The standard InChI is InChI=1S/C24H30NO6P/c26-23(27)22(31-32(29)18-10-8-13-20-11-3-1-4-12-20)16-7-9-17-25-24(28)30-19-21-14-5-2-6-15-21/h1-6,11-12,14-15,22H,7-10,13,16-19H2,(H-,25,26,27,28)/p+1. The smallest absolute Gasteiger partial charge is 0.479 e. The van der Waals surface area contributed by atoms with E-state index in [1.807, 2.05) is 48.5 Å². The van der Waals surface area contributed by atoms with Crippen LogP contribution < -0.4 is 5.32 Å². The zero-order valence-corrected chi connectivity index (χ0v) is 19.0. The Balaban J connectivity index is 1.54. The number of aliphatic carboxylic acids is 1. The molecule has 7 nitrogen and oxygen atoms in total. The number of nitrogens with one attached hydrogen (secondary N) is 1. The number of carbonyl (C=O) groups is 2. The highest BCUT2D eigenvalue weighted by Crippen LogP contribution is 2.28. The highest BCUT2D eigenvalue weighted by Gasteiger charge is 2.29. The second-order valence-corrected chi connectivity index (χ2v) is 8.74. The highest BCUT2D eigenvalue weighted by atomic mass is 31.1. The van der Waals surface area contributed by atoms with E-state index in [9.17, 15) is 19.3 Å². The van der Waals surface area contributed by atoms with Gasteiger partial charge in [0.1, 0.15) is 6.61 Å². The average Bonchev–Trinajstić information content (AvgIpc) is 2.80. The number of ether oxygens (including phenoxy) is 1. The number of alkyl carbamates (subject to hydrolysis) is 1. The monoisotopic (exact) mass is 460 g/mol. The van der Waals surface area contributed by atoms with Crippen LogP contribution in [-0.2, 0) is 31.6 Å². The third-order valence-electron chi connectivity index (χ3n) is 4.79. The van der Waals surface area contributed by atoms with Crippen molar-refractivity contribution in [2.45, 2.75) is 51.2 Å². The van der Waals surface area contributed by atoms with E-state index in [-0.39, 0.29) is 13.0 Å². The Morgan fingerprint density at radius 2 is 1.56 bits per heavy atom. The van der Waals surface area contributed by atoms with Gasteiger partial charge in [-0.05, 0) is 54.2 Å². The predicted octanol–water partition coefficient (Wildman–Crippen LogP) is 5.32. The van der Waals surface area contributed by atoms with Gasteiger partial charge in [0.15, 0.2) is 6.16 Å². The van der Waals surface area contributed by atoms with Crippen LogP contribution in [-0.4, -0.2) is 36.0 Å². The molecule has 0 radical (unpaired) electrons. The van der Waals surface area contributed by atoms with Crippen LogP contribution in [0.25, 0.3) is 0 Å². The summed E-state index contributed by atoms with van der Waals surface area (Å²) in [5, 5.41) is 12.0. The first-order valence-electron chi connectivity index (χ1n) is 10.9. The number of carbonyl (C=O) groups excluding carboxylic acids is 1. The van der Waals surface area contributed by atoms with Gasteiger partial charge in [0.2, 0.25) is 6.10 Å². The third-order valence-corrected chi connectivity index (χ3v) is 5.97. The minimum Gasteiger partial charge on any atom is -0.479 e. The summed E-state index contributed by atoms with van der Waals surface area (Å²) in [6.45, 7) is 0.561. The molecule has 1 amide bonds. The molecule has 2 aromatic rings. The molecule has 0 fully saturated rings. The van der Waals surface area contributed by atoms with Crippen molar-refractivity contribution in [2.75, 3.05) is 12.7 Å². The summed E-state index contributed by atoms with van der Waals surface area (Å²) in [4.78, 5) is 23.1. The summed E-state index contributed by atoms with van der Waals surface area (Å²) in [6.07, 6.45) is 2.55. The molecular formula is C24H31NO6P+. The van der Waals surface area contributed by atoms with Gasteiger partial charge in [0.25, 0.3) is 0 Å². The lowest BCUT2D eigenvalue weighted by Crippen LogP contribution is -2.26. The Hall–Kier alpha value is -2.76. The quantitative estimate of drug-likeness (QED) is 0.276. The van der Waals surface area contributed by atoms with E-state index in [0.717, 1.165) is 18.4 Å². The molecule has 172 valence electrons. The Morgan fingerprint density at radius 3 is 2.22 bits per heavy atom. The molecular weight excluding hydrogens is 429 g/mol. The number of rotatable bonds is 15. The van der Waals surface area contributed by atoms with E-state index in [0.29, 0.717) is 32.0 Å². The maximum absolute atomic E-state index is 12.1. The first-order chi connectivity index (χ1) is 15.5. The van der Waals surface area contributed by atoms with Gasteiger partial charge in [0.05, 0.1) is 0 Å². The first-order valence-corrected chi connectivity index (χ1v) is 12.2. The molecule has 0 heterocycles. The largest absolute Gasteiger partial charge is 0.508 e. The summed E-state index contributed by atoms with van der Waals surface area (Å²) >= 11 is 0. The maximum atomic E-state index is 12.1. The molecule has 0 saturated heterocycles. The number of carboxylic acid groups (broad SMARTS) is 1.